The highest BCUT2D eigenvalue weighted by atomic mass is 79.9. The van der Waals surface area contributed by atoms with E-state index in [2.05, 4.69) is 21.2 Å². The van der Waals surface area contributed by atoms with Crippen molar-refractivity contribution in [3.63, 3.8) is 0 Å². The Labute approximate surface area is 107 Å². The summed E-state index contributed by atoms with van der Waals surface area (Å²) in [6.45, 7) is 3.11. The number of rotatable bonds is 2. The van der Waals surface area contributed by atoms with Gasteiger partial charge in [0, 0.05) is 12.2 Å². The van der Waals surface area contributed by atoms with Gasteiger partial charge in [-0.2, -0.15) is 0 Å². The number of hydrogen-bond acceptors (Lipinski definition) is 2. The molecule has 2 rings (SSSR count). The third kappa shape index (κ3) is 2.84. The Kier molecular flexibility index (Phi) is 3.49. The largest absolute Gasteiger partial charge is 0.379 e. The number of ether oxygens (including phenoxy) is 1. The van der Waals surface area contributed by atoms with Crippen LogP contribution in [0.15, 0.2) is 22.7 Å². The quantitative estimate of drug-likeness (QED) is 0.911. The fourth-order valence-electron chi connectivity index (χ4n) is 1.75. The minimum Gasteiger partial charge on any atom is -0.379 e. The van der Waals surface area contributed by atoms with Gasteiger partial charge in [0.1, 0.15) is 5.82 Å². The summed E-state index contributed by atoms with van der Waals surface area (Å²) in [5.41, 5.74) is 0.115. The van der Waals surface area contributed by atoms with Crippen molar-refractivity contribution in [3.05, 3.63) is 34.1 Å². The molecule has 1 aromatic carbocycles. The van der Waals surface area contributed by atoms with Crippen LogP contribution in [0.1, 0.15) is 23.7 Å². The molecule has 1 fully saturated rings. The third-order valence-electron chi connectivity index (χ3n) is 2.82. The van der Waals surface area contributed by atoms with Gasteiger partial charge in [0.2, 0.25) is 0 Å². The number of carbonyl (C=O) groups excluding carboxylic acids is 1. The molecule has 17 heavy (non-hydrogen) atoms. The molecule has 3 nitrogen and oxygen atoms in total. The van der Waals surface area contributed by atoms with E-state index in [4.69, 9.17) is 4.74 Å². The van der Waals surface area contributed by atoms with Crippen LogP contribution in [-0.4, -0.2) is 24.7 Å². The van der Waals surface area contributed by atoms with Gasteiger partial charge in [0.25, 0.3) is 5.91 Å². The highest BCUT2D eigenvalue weighted by Crippen LogP contribution is 2.20. The Balaban J connectivity index is 2.11. The third-order valence-corrected chi connectivity index (χ3v) is 3.42. The first-order chi connectivity index (χ1) is 8.00. The van der Waals surface area contributed by atoms with E-state index >= 15 is 0 Å². The average molecular weight is 302 g/mol. The van der Waals surface area contributed by atoms with E-state index in [-0.39, 0.29) is 21.7 Å². The summed E-state index contributed by atoms with van der Waals surface area (Å²) >= 11 is 3.06. The second kappa shape index (κ2) is 4.74. The molecule has 1 aromatic rings. The molecule has 0 saturated carbocycles. The van der Waals surface area contributed by atoms with Gasteiger partial charge in [-0.1, -0.05) is 0 Å². The summed E-state index contributed by atoms with van der Waals surface area (Å²) < 4.78 is 18.6. The summed E-state index contributed by atoms with van der Waals surface area (Å²) in [6, 6.07) is 4.21. The first-order valence-corrected chi connectivity index (χ1v) is 6.15. The Morgan fingerprint density at radius 3 is 2.94 bits per heavy atom. The van der Waals surface area contributed by atoms with Crippen molar-refractivity contribution in [2.45, 2.75) is 18.9 Å². The summed E-state index contributed by atoms with van der Waals surface area (Å²) in [7, 11) is 0. The fraction of sp³-hybridized carbons (Fsp3) is 0.417. The standard InChI is InChI=1S/C12H13BrFNO2/c1-12(4-5-17-7-12)15-11(16)8-2-3-10(14)9(13)6-8/h2-3,6H,4-5,7H2,1H3,(H,15,16). The van der Waals surface area contributed by atoms with Gasteiger partial charge in [-0.05, 0) is 47.5 Å². The van der Waals surface area contributed by atoms with Crippen LogP contribution in [0.5, 0.6) is 0 Å². The first kappa shape index (κ1) is 12.5. The van der Waals surface area contributed by atoms with Gasteiger partial charge in [-0.15, -0.1) is 0 Å². The lowest BCUT2D eigenvalue weighted by molar-refractivity contribution is 0.0889. The maximum atomic E-state index is 13.0. The number of nitrogens with one attached hydrogen (secondary N) is 1. The average Bonchev–Trinajstić information content (AvgIpc) is 2.69. The lowest BCUT2D eigenvalue weighted by Gasteiger charge is -2.23. The van der Waals surface area contributed by atoms with Gasteiger partial charge in [-0.25, -0.2) is 4.39 Å². The van der Waals surface area contributed by atoms with Crippen LogP contribution in [0, 0.1) is 5.82 Å². The van der Waals surface area contributed by atoms with Crippen LogP contribution in [-0.2, 0) is 4.74 Å². The first-order valence-electron chi connectivity index (χ1n) is 5.35. The van der Waals surface area contributed by atoms with Crippen LogP contribution >= 0.6 is 15.9 Å². The smallest absolute Gasteiger partial charge is 0.251 e. The summed E-state index contributed by atoms with van der Waals surface area (Å²) in [4.78, 5) is 12.0. The Hall–Kier alpha value is -0.940. The van der Waals surface area contributed by atoms with Crippen LogP contribution in [0.4, 0.5) is 4.39 Å². The van der Waals surface area contributed by atoms with E-state index in [0.29, 0.717) is 18.8 Å². The number of halogens is 2. The van der Waals surface area contributed by atoms with Crippen molar-refractivity contribution >= 4 is 21.8 Å². The molecule has 1 atom stereocenters. The van der Waals surface area contributed by atoms with E-state index in [9.17, 15) is 9.18 Å². The SMILES string of the molecule is CC1(NC(=O)c2ccc(F)c(Br)c2)CCOC1. The van der Waals surface area contributed by atoms with Crippen molar-refractivity contribution in [3.8, 4) is 0 Å². The predicted octanol–water partition coefficient (Wildman–Crippen LogP) is 2.50. The molecule has 5 heteroatoms. The summed E-state index contributed by atoms with van der Waals surface area (Å²) in [5, 5.41) is 2.91. The van der Waals surface area contributed by atoms with Crippen LogP contribution in [0.25, 0.3) is 0 Å². The maximum absolute atomic E-state index is 13.0. The molecule has 1 heterocycles. The highest BCUT2D eigenvalue weighted by Gasteiger charge is 2.31. The van der Waals surface area contributed by atoms with Crippen molar-refractivity contribution in [2.24, 2.45) is 0 Å². The van der Waals surface area contributed by atoms with Gasteiger partial charge in [0.15, 0.2) is 0 Å². The molecule has 0 radical (unpaired) electrons. The second-order valence-corrected chi connectivity index (χ2v) is 5.30. The van der Waals surface area contributed by atoms with E-state index in [1.165, 1.54) is 18.2 Å². The van der Waals surface area contributed by atoms with E-state index in [1.54, 1.807) is 0 Å². The number of carbonyl (C=O) groups is 1. The lowest BCUT2D eigenvalue weighted by Crippen LogP contribution is -2.46. The highest BCUT2D eigenvalue weighted by molar-refractivity contribution is 9.10. The van der Waals surface area contributed by atoms with Crippen molar-refractivity contribution in [2.75, 3.05) is 13.2 Å². The van der Waals surface area contributed by atoms with Crippen molar-refractivity contribution in [1.29, 1.82) is 0 Å². The summed E-state index contributed by atoms with van der Waals surface area (Å²) in [5.74, 6) is -0.587. The molecule has 0 aliphatic carbocycles. The van der Waals surface area contributed by atoms with E-state index in [1.807, 2.05) is 6.92 Å². The molecular weight excluding hydrogens is 289 g/mol. The van der Waals surface area contributed by atoms with Gasteiger partial charge in [-0.3, -0.25) is 4.79 Å². The Morgan fingerprint density at radius 1 is 1.59 bits per heavy atom. The molecule has 0 aromatic heterocycles. The summed E-state index contributed by atoms with van der Waals surface area (Å²) in [6.07, 6.45) is 0.793. The minimum absolute atomic E-state index is 0.210. The molecule has 0 spiro atoms. The Bertz CT molecular complexity index is 444. The minimum atomic E-state index is -0.378. The van der Waals surface area contributed by atoms with E-state index in [0.717, 1.165) is 6.42 Å². The topological polar surface area (TPSA) is 38.3 Å². The normalized spacial score (nSPS) is 23.7. The lowest BCUT2D eigenvalue weighted by atomic mass is 10.0. The monoisotopic (exact) mass is 301 g/mol. The van der Waals surface area contributed by atoms with Gasteiger partial charge < -0.3 is 10.1 Å². The molecule has 1 N–H and O–H groups in total. The molecule has 1 aliphatic heterocycles. The molecular formula is C12H13BrFNO2. The van der Waals surface area contributed by atoms with Crippen LogP contribution in [0.2, 0.25) is 0 Å². The van der Waals surface area contributed by atoms with Crippen molar-refractivity contribution in [1.82, 2.24) is 5.32 Å². The molecule has 1 saturated heterocycles. The maximum Gasteiger partial charge on any atom is 0.251 e. The zero-order valence-electron chi connectivity index (χ0n) is 9.43. The van der Waals surface area contributed by atoms with Gasteiger partial charge >= 0.3 is 0 Å². The zero-order chi connectivity index (χ0) is 12.5. The molecule has 92 valence electrons. The van der Waals surface area contributed by atoms with Crippen LogP contribution < -0.4 is 5.32 Å². The number of benzene rings is 1. The molecule has 0 bridgehead atoms. The number of hydrogen-bond donors (Lipinski definition) is 1. The van der Waals surface area contributed by atoms with Crippen LogP contribution in [0.3, 0.4) is 0 Å². The number of amides is 1. The second-order valence-electron chi connectivity index (χ2n) is 4.45. The van der Waals surface area contributed by atoms with Crippen molar-refractivity contribution < 1.29 is 13.9 Å². The Morgan fingerprint density at radius 2 is 2.35 bits per heavy atom. The molecule has 1 amide bonds. The zero-order valence-corrected chi connectivity index (χ0v) is 11.0. The molecule has 1 aliphatic rings. The van der Waals surface area contributed by atoms with E-state index < -0.39 is 0 Å². The predicted molar refractivity (Wildman–Crippen MR) is 65.4 cm³/mol. The molecule has 1 unspecified atom stereocenters. The fourth-order valence-corrected chi connectivity index (χ4v) is 2.13. The van der Waals surface area contributed by atoms with Gasteiger partial charge in [0.05, 0.1) is 16.6 Å².